The normalized spacial score (nSPS) is 10.0. The minimum Gasteiger partial charge on any atom is -0.493 e. The van der Waals surface area contributed by atoms with Crippen molar-refractivity contribution in [1.82, 2.24) is 0 Å². The van der Waals surface area contributed by atoms with Gasteiger partial charge < -0.3 is 14.8 Å². The van der Waals surface area contributed by atoms with Gasteiger partial charge in [0, 0.05) is 11.3 Å². The van der Waals surface area contributed by atoms with Crippen LogP contribution in [0, 0.1) is 5.82 Å². The average molecular weight is 317 g/mol. The summed E-state index contributed by atoms with van der Waals surface area (Å²) in [5, 5.41) is 2.52. The molecule has 1 N–H and O–H groups in total. The van der Waals surface area contributed by atoms with Gasteiger partial charge in [-0.3, -0.25) is 9.59 Å². The highest BCUT2D eigenvalue weighted by molar-refractivity contribution is 5.95. The number of rotatable bonds is 6. The van der Waals surface area contributed by atoms with Crippen LogP contribution in [-0.4, -0.2) is 25.4 Å². The summed E-state index contributed by atoms with van der Waals surface area (Å²) >= 11 is 0. The first-order chi connectivity index (χ1) is 11.0. The van der Waals surface area contributed by atoms with Crippen molar-refractivity contribution < 1.29 is 23.5 Å². The van der Waals surface area contributed by atoms with Crippen molar-refractivity contribution in [3.05, 3.63) is 53.8 Å². The maximum atomic E-state index is 13.0. The Morgan fingerprint density at radius 3 is 2.57 bits per heavy atom. The largest absolute Gasteiger partial charge is 0.493 e. The van der Waals surface area contributed by atoms with Gasteiger partial charge in [0.05, 0.1) is 7.11 Å². The van der Waals surface area contributed by atoms with Crippen LogP contribution in [0.5, 0.6) is 11.5 Å². The molecule has 2 rings (SSSR count). The van der Waals surface area contributed by atoms with Crippen LogP contribution >= 0.6 is 0 Å². The number of hydrogen-bond donors (Lipinski definition) is 1. The Kier molecular flexibility index (Phi) is 5.30. The minimum absolute atomic E-state index is 0.0984. The number of amides is 1. The molecular formula is C17H16FNO4. The van der Waals surface area contributed by atoms with Crippen LogP contribution in [0.3, 0.4) is 0 Å². The zero-order valence-corrected chi connectivity index (χ0v) is 12.8. The lowest BCUT2D eigenvalue weighted by Gasteiger charge is -2.11. The van der Waals surface area contributed by atoms with E-state index in [0.717, 1.165) is 0 Å². The number of Topliss-reactive ketones (excluding diaryl/α,β-unsaturated/α-hetero) is 1. The van der Waals surface area contributed by atoms with E-state index >= 15 is 0 Å². The maximum Gasteiger partial charge on any atom is 0.262 e. The Morgan fingerprint density at radius 2 is 1.91 bits per heavy atom. The van der Waals surface area contributed by atoms with Crippen molar-refractivity contribution in [3.8, 4) is 11.5 Å². The zero-order valence-electron chi connectivity index (χ0n) is 12.8. The molecule has 2 aromatic rings. The van der Waals surface area contributed by atoms with Gasteiger partial charge in [0.1, 0.15) is 5.82 Å². The van der Waals surface area contributed by atoms with Crippen LogP contribution in [0.15, 0.2) is 42.5 Å². The van der Waals surface area contributed by atoms with Gasteiger partial charge in [-0.1, -0.05) is 6.07 Å². The Hall–Kier alpha value is -2.89. The third-order valence-corrected chi connectivity index (χ3v) is 3.04. The van der Waals surface area contributed by atoms with Crippen molar-refractivity contribution in [2.45, 2.75) is 6.92 Å². The van der Waals surface area contributed by atoms with E-state index in [0.29, 0.717) is 22.7 Å². The molecule has 0 aromatic heterocycles. The lowest BCUT2D eigenvalue weighted by atomic mass is 10.1. The lowest BCUT2D eigenvalue weighted by Crippen LogP contribution is -2.20. The molecule has 0 radical (unpaired) electrons. The molecule has 1 amide bonds. The Bertz CT molecular complexity index is 730. The molecule has 5 nitrogen and oxygen atoms in total. The van der Waals surface area contributed by atoms with Crippen LogP contribution in [0.1, 0.15) is 17.3 Å². The van der Waals surface area contributed by atoms with Crippen molar-refractivity contribution >= 4 is 17.4 Å². The highest BCUT2D eigenvalue weighted by Crippen LogP contribution is 2.28. The number of ether oxygens (including phenoxy) is 2. The maximum absolute atomic E-state index is 13.0. The van der Waals surface area contributed by atoms with Gasteiger partial charge in [-0.15, -0.1) is 0 Å². The summed E-state index contributed by atoms with van der Waals surface area (Å²) in [7, 11) is 1.44. The average Bonchev–Trinajstić information content (AvgIpc) is 2.52. The molecule has 23 heavy (non-hydrogen) atoms. The number of nitrogens with one attached hydrogen (secondary N) is 1. The van der Waals surface area contributed by atoms with E-state index in [2.05, 4.69) is 5.32 Å². The number of methoxy groups -OCH3 is 1. The molecule has 2 aromatic carbocycles. The number of hydrogen-bond acceptors (Lipinski definition) is 4. The predicted molar refractivity (Wildman–Crippen MR) is 83.5 cm³/mol. The summed E-state index contributed by atoms with van der Waals surface area (Å²) in [5.41, 5.74) is 0.830. The van der Waals surface area contributed by atoms with E-state index in [1.807, 2.05) is 0 Å². The Balaban J connectivity index is 2.00. The van der Waals surface area contributed by atoms with Crippen molar-refractivity contribution in [3.63, 3.8) is 0 Å². The third kappa shape index (κ3) is 4.54. The second-order valence-corrected chi connectivity index (χ2v) is 4.77. The number of carbonyl (C=O) groups is 2. The molecule has 0 aliphatic rings. The summed E-state index contributed by atoms with van der Waals surface area (Å²) < 4.78 is 23.6. The molecule has 0 spiro atoms. The molecule has 0 saturated heterocycles. The summed E-state index contributed by atoms with van der Waals surface area (Å²) in [4.78, 5) is 23.1. The zero-order chi connectivity index (χ0) is 16.8. The standard InChI is InChI=1S/C17H16FNO4/c1-11(20)12-6-7-15(16(8-12)22-2)23-10-17(21)19-14-5-3-4-13(18)9-14/h3-9H,10H2,1-2H3,(H,19,21). The first-order valence-corrected chi connectivity index (χ1v) is 6.87. The highest BCUT2D eigenvalue weighted by Gasteiger charge is 2.10. The van der Waals surface area contributed by atoms with E-state index in [1.54, 1.807) is 24.3 Å². The third-order valence-electron chi connectivity index (χ3n) is 3.04. The molecule has 0 atom stereocenters. The number of halogens is 1. The molecule has 0 heterocycles. The molecule has 0 aliphatic heterocycles. The van der Waals surface area contributed by atoms with E-state index in [1.165, 1.54) is 32.2 Å². The minimum atomic E-state index is -0.440. The van der Waals surface area contributed by atoms with Gasteiger partial charge in [0.15, 0.2) is 23.9 Å². The summed E-state index contributed by atoms with van der Waals surface area (Å²) in [6.45, 7) is 1.17. The summed E-state index contributed by atoms with van der Waals surface area (Å²) in [5.74, 6) is -0.277. The van der Waals surface area contributed by atoms with Crippen molar-refractivity contribution in [2.24, 2.45) is 0 Å². The Morgan fingerprint density at radius 1 is 1.13 bits per heavy atom. The first-order valence-electron chi connectivity index (χ1n) is 6.87. The number of benzene rings is 2. The topological polar surface area (TPSA) is 64.6 Å². The van der Waals surface area contributed by atoms with E-state index in [4.69, 9.17) is 9.47 Å². The smallest absolute Gasteiger partial charge is 0.262 e. The fraction of sp³-hybridized carbons (Fsp3) is 0.176. The molecule has 0 bridgehead atoms. The van der Waals surface area contributed by atoms with Crippen LogP contribution in [0.25, 0.3) is 0 Å². The fourth-order valence-corrected chi connectivity index (χ4v) is 1.91. The highest BCUT2D eigenvalue weighted by atomic mass is 19.1. The van der Waals surface area contributed by atoms with E-state index in [-0.39, 0.29) is 12.4 Å². The molecule has 0 aliphatic carbocycles. The quantitative estimate of drug-likeness (QED) is 0.832. The molecule has 0 fully saturated rings. The number of anilines is 1. The molecule has 0 saturated carbocycles. The Labute approximate surface area is 133 Å². The van der Waals surface area contributed by atoms with Crippen molar-refractivity contribution in [1.29, 1.82) is 0 Å². The first kappa shape index (κ1) is 16.5. The van der Waals surface area contributed by atoms with Crippen molar-refractivity contribution in [2.75, 3.05) is 19.0 Å². The molecule has 120 valence electrons. The monoisotopic (exact) mass is 317 g/mol. The van der Waals surface area contributed by atoms with Crippen LogP contribution < -0.4 is 14.8 Å². The van der Waals surface area contributed by atoms with Gasteiger partial charge in [0.2, 0.25) is 0 Å². The predicted octanol–water partition coefficient (Wildman–Crippen LogP) is 3.05. The summed E-state index contributed by atoms with van der Waals surface area (Å²) in [6, 6.07) is 10.3. The van der Waals surface area contributed by atoms with E-state index < -0.39 is 11.7 Å². The lowest BCUT2D eigenvalue weighted by molar-refractivity contribution is -0.118. The van der Waals surface area contributed by atoms with Crippen LogP contribution in [-0.2, 0) is 4.79 Å². The number of ketones is 1. The van der Waals surface area contributed by atoms with Crippen LogP contribution in [0.2, 0.25) is 0 Å². The fourth-order valence-electron chi connectivity index (χ4n) is 1.91. The molecular weight excluding hydrogens is 301 g/mol. The van der Waals surface area contributed by atoms with Gasteiger partial charge in [-0.05, 0) is 43.3 Å². The SMILES string of the molecule is COc1cc(C(C)=O)ccc1OCC(=O)Nc1cccc(F)c1. The van der Waals surface area contributed by atoms with Crippen LogP contribution in [0.4, 0.5) is 10.1 Å². The summed E-state index contributed by atoms with van der Waals surface area (Å²) in [6.07, 6.45) is 0. The molecule has 0 unspecified atom stereocenters. The second-order valence-electron chi connectivity index (χ2n) is 4.77. The van der Waals surface area contributed by atoms with Gasteiger partial charge >= 0.3 is 0 Å². The number of carbonyl (C=O) groups excluding carboxylic acids is 2. The van der Waals surface area contributed by atoms with E-state index in [9.17, 15) is 14.0 Å². The second kappa shape index (κ2) is 7.40. The molecule has 6 heteroatoms. The van der Waals surface area contributed by atoms with Gasteiger partial charge in [0.25, 0.3) is 5.91 Å². The van der Waals surface area contributed by atoms with Gasteiger partial charge in [-0.25, -0.2) is 4.39 Å². The van der Waals surface area contributed by atoms with Gasteiger partial charge in [-0.2, -0.15) is 0 Å².